The molecule has 4 heterocycles. The molecule has 1 aromatic carbocycles. The zero-order valence-corrected chi connectivity index (χ0v) is 24.7. The standard InChI is InChI=1S/C29H28N4O8.C2H6/c1-15(34)8-9-23(35)31-21(12-24(36)37)27(38)41-29(2)19-11-22-25-17(10-16-6-4-5-7-20(16)32-25)13-33(22)26(30-3)18(19)14-40-28(29)39;1-2/h4-7,10-11,21H,8-9,12-14H2,1-3H3,(H,31,35)(H,36,37);1-2H3. The Balaban J connectivity index is 0.00000207. The van der Waals surface area contributed by atoms with E-state index >= 15 is 0 Å². The molecule has 0 spiro atoms. The molecule has 3 aromatic rings. The number of benzene rings is 1. The van der Waals surface area contributed by atoms with Crippen LogP contribution in [0, 0.1) is 0 Å². The van der Waals surface area contributed by atoms with Crippen molar-refractivity contribution in [3.63, 3.8) is 0 Å². The highest BCUT2D eigenvalue weighted by Crippen LogP contribution is 2.39. The van der Waals surface area contributed by atoms with Crippen LogP contribution in [0.25, 0.3) is 22.3 Å². The van der Waals surface area contributed by atoms with Crippen molar-refractivity contribution in [3.8, 4) is 11.4 Å². The van der Waals surface area contributed by atoms with Crippen molar-refractivity contribution < 1.29 is 38.6 Å². The number of cyclic esters (lactones) is 1. The van der Waals surface area contributed by atoms with E-state index in [2.05, 4.69) is 16.4 Å². The van der Waals surface area contributed by atoms with Crippen LogP contribution in [0.3, 0.4) is 0 Å². The maximum absolute atomic E-state index is 13.3. The van der Waals surface area contributed by atoms with Gasteiger partial charge in [-0.3, -0.25) is 14.6 Å². The van der Waals surface area contributed by atoms with E-state index in [9.17, 15) is 29.1 Å². The molecule has 43 heavy (non-hydrogen) atoms. The lowest BCUT2D eigenvalue weighted by molar-refractivity contribution is -0.188. The first-order valence-electron chi connectivity index (χ1n) is 14.0. The van der Waals surface area contributed by atoms with Crippen molar-refractivity contribution in [2.75, 3.05) is 7.05 Å². The zero-order chi connectivity index (χ0) is 31.5. The molecule has 226 valence electrons. The summed E-state index contributed by atoms with van der Waals surface area (Å²) >= 11 is 0. The second-order valence-corrected chi connectivity index (χ2v) is 10.2. The molecule has 2 aliphatic rings. The Kier molecular flexibility index (Phi) is 9.07. The number of amides is 1. The van der Waals surface area contributed by atoms with Crippen molar-refractivity contribution in [2.45, 2.75) is 71.8 Å². The Hall–Kier alpha value is -4.87. The van der Waals surface area contributed by atoms with E-state index in [1.807, 2.05) is 42.7 Å². The van der Waals surface area contributed by atoms with Gasteiger partial charge in [0.15, 0.2) is 0 Å². The van der Waals surface area contributed by atoms with Gasteiger partial charge in [0.25, 0.3) is 0 Å². The van der Waals surface area contributed by atoms with E-state index in [0.717, 1.165) is 16.5 Å². The van der Waals surface area contributed by atoms with E-state index in [-0.39, 0.29) is 25.2 Å². The second kappa shape index (κ2) is 12.6. The van der Waals surface area contributed by atoms with Crippen LogP contribution in [-0.2, 0) is 52.2 Å². The van der Waals surface area contributed by atoms with Crippen LogP contribution in [0.4, 0.5) is 0 Å². The molecule has 2 unspecified atom stereocenters. The first-order chi connectivity index (χ1) is 20.5. The SMILES string of the molecule is CC.CN=c1c2c(cc3n1Cc1cc4ccccc4nc1-3)C(C)(OC(=O)C(CC(=O)O)NC(=O)CCC(C)=O)C(=O)OC2. The fourth-order valence-electron chi connectivity index (χ4n) is 5.23. The number of hydrogen-bond acceptors (Lipinski definition) is 9. The number of carboxylic acid groups (broad SMARTS) is 1. The molecule has 2 aliphatic heterocycles. The van der Waals surface area contributed by atoms with Gasteiger partial charge in [-0.15, -0.1) is 0 Å². The van der Waals surface area contributed by atoms with Gasteiger partial charge in [-0.1, -0.05) is 32.0 Å². The summed E-state index contributed by atoms with van der Waals surface area (Å²) in [6, 6.07) is 9.88. The number of rotatable bonds is 8. The first kappa shape index (κ1) is 31.1. The number of para-hydroxylation sites is 1. The molecule has 5 rings (SSSR count). The van der Waals surface area contributed by atoms with E-state index in [1.165, 1.54) is 13.8 Å². The number of aromatic nitrogens is 2. The molecule has 0 radical (unpaired) electrons. The lowest BCUT2D eigenvalue weighted by Crippen LogP contribution is -2.50. The number of ether oxygens (including phenoxy) is 2. The van der Waals surface area contributed by atoms with Crippen molar-refractivity contribution in [2.24, 2.45) is 4.99 Å². The van der Waals surface area contributed by atoms with Gasteiger partial charge in [0, 0.05) is 42.0 Å². The predicted molar refractivity (Wildman–Crippen MR) is 154 cm³/mol. The number of aliphatic carboxylic acids is 1. The lowest BCUT2D eigenvalue weighted by atomic mass is 9.89. The van der Waals surface area contributed by atoms with Crippen LogP contribution >= 0.6 is 0 Å². The summed E-state index contributed by atoms with van der Waals surface area (Å²) in [5.41, 5.74) is 2.52. The molecule has 0 saturated carbocycles. The average molecular weight is 591 g/mol. The van der Waals surface area contributed by atoms with Crippen molar-refractivity contribution >= 4 is 40.5 Å². The monoisotopic (exact) mass is 590 g/mol. The van der Waals surface area contributed by atoms with Gasteiger partial charge in [-0.2, -0.15) is 0 Å². The largest absolute Gasteiger partial charge is 0.481 e. The molecule has 0 bridgehead atoms. The summed E-state index contributed by atoms with van der Waals surface area (Å²) in [6.07, 6.45) is -1.09. The molecule has 12 heteroatoms. The summed E-state index contributed by atoms with van der Waals surface area (Å²) in [7, 11) is 1.61. The second-order valence-electron chi connectivity index (χ2n) is 10.2. The number of Topliss-reactive ketones (excluding diaryl/α,β-unsaturated/α-hetero) is 1. The number of ketones is 1. The number of nitrogens with one attached hydrogen (secondary N) is 1. The normalized spacial score (nSPS) is 17.4. The molecule has 0 aliphatic carbocycles. The van der Waals surface area contributed by atoms with E-state index in [0.29, 0.717) is 34.5 Å². The smallest absolute Gasteiger partial charge is 0.355 e. The highest BCUT2D eigenvalue weighted by molar-refractivity contribution is 5.92. The molecular formula is C31H34N4O8. The zero-order valence-electron chi connectivity index (χ0n) is 24.7. The van der Waals surface area contributed by atoms with Gasteiger partial charge < -0.3 is 29.3 Å². The van der Waals surface area contributed by atoms with Crippen LogP contribution in [0.2, 0.25) is 0 Å². The van der Waals surface area contributed by atoms with Crippen LogP contribution in [0.5, 0.6) is 0 Å². The quantitative estimate of drug-likeness (QED) is 0.293. The van der Waals surface area contributed by atoms with Gasteiger partial charge in [0.05, 0.1) is 29.9 Å². The third-order valence-corrected chi connectivity index (χ3v) is 7.27. The minimum absolute atomic E-state index is 0.0744. The Morgan fingerprint density at radius 1 is 1.19 bits per heavy atom. The van der Waals surface area contributed by atoms with Crippen molar-refractivity contribution in [1.82, 2.24) is 14.9 Å². The van der Waals surface area contributed by atoms with Gasteiger partial charge in [-0.05, 0) is 32.0 Å². The third kappa shape index (κ3) is 6.04. The third-order valence-electron chi connectivity index (χ3n) is 7.27. The molecule has 2 atom stereocenters. The molecular weight excluding hydrogens is 556 g/mol. The maximum Gasteiger partial charge on any atom is 0.355 e. The Morgan fingerprint density at radius 2 is 1.91 bits per heavy atom. The van der Waals surface area contributed by atoms with Crippen LogP contribution in [-0.4, -0.2) is 57.3 Å². The first-order valence-corrected chi connectivity index (χ1v) is 14.0. The number of carboxylic acids is 1. The number of hydrogen-bond donors (Lipinski definition) is 2. The summed E-state index contributed by atoms with van der Waals surface area (Å²) < 4.78 is 13.1. The average Bonchev–Trinajstić information content (AvgIpc) is 3.33. The van der Waals surface area contributed by atoms with Gasteiger partial charge in [-0.25, -0.2) is 14.6 Å². The van der Waals surface area contributed by atoms with Crippen LogP contribution in [0.15, 0.2) is 41.4 Å². The highest BCUT2D eigenvalue weighted by Gasteiger charge is 2.48. The topological polar surface area (TPSA) is 166 Å². The van der Waals surface area contributed by atoms with E-state index < -0.39 is 41.9 Å². The van der Waals surface area contributed by atoms with Crippen LogP contribution < -0.4 is 10.8 Å². The van der Waals surface area contributed by atoms with E-state index in [1.54, 1.807) is 13.1 Å². The Labute approximate surface area is 247 Å². The summed E-state index contributed by atoms with van der Waals surface area (Å²) in [5.74, 6) is -4.29. The summed E-state index contributed by atoms with van der Waals surface area (Å²) in [6.45, 7) is 7.05. The maximum atomic E-state index is 13.3. The molecule has 2 aromatic heterocycles. The van der Waals surface area contributed by atoms with Gasteiger partial charge in [0.2, 0.25) is 11.5 Å². The Morgan fingerprint density at radius 3 is 2.58 bits per heavy atom. The number of nitrogens with zero attached hydrogens (tertiary/aromatic N) is 3. The summed E-state index contributed by atoms with van der Waals surface area (Å²) in [5, 5.41) is 12.6. The fourth-order valence-corrected chi connectivity index (χ4v) is 5.23. The Bertz CT molecular complexity index is 1710. The van der Waals surface area contributed by atoms with Crippen molar-refractivity contribution in [1.29, 1.82) is 0 Å². The fraction of sp³-hybridized carbons (Fsp3) is 0.387. The number of fused-ring (bicyclic) bond motifs is 5. The van der Waals surface area contributed by atoms with Gasteiger partial charge in [0.1, 0.15) is 23.9 Å². The minimum Gasteiger partial charge on any atom is -0.481 e. The molecule has 2 N–H and O–H groups in total. The molecule has 0 fully saturated rings. The number of esters is 2. The number of carbonyl (C=O) groups excluding carboxylic acids is 4. The van der Waals surface area contributed by atoms with Gasteiger partial charge >= 0.3 is 17.9 Å². The van der Waals surface area contributed by atoms with Crippen LogP contribution in [0.1, 0.15) is 63.6 Å². The molecule has 1 amide bonds. The summed E-state index contributed by atoms with van der Waals surface area (Å²) in [4.78, 5) is 70.9. The predicted octanol–water partition coefficient (Wildman–Crippen LogP) is 2.77. The van der Waals surface area contributed by atoms with Crippen molar-refractivity contribution in [3.05, 3.63) is 58.6 Å². The lowest BCUT2D eigenvalue weighted by Gasteiger charge is -2.35. The molecule has 12 nitrogen and oxygen atoms in total. The number of pyridine rings is 2. The van der Waals surface area contributed by atoms with E-state index in [4.69, 9.17) is 14.5 Å². The minimum atomic E-state index is -1.97. The highest BCUT2D eigenvalue weighted by atomic mass is 16.6. The molecule has 0 saturated heterocycles. The number of carbonyl (C=O) groups is 5.